The van der Waals surface area contributed by atoms with Crippen molar-refractivity contribution < 1.29 is 93.9 Å². The van der Waals surface area contributed by atoms with Gasteiger partial charge in [0.2, 0.25) is 17.7 Å². The van der Waals surface area contributed by atoms with Gasteiger partial charge in [-0.25, -0.2) is 27.8 Å². The molecule has 0 aromatic carbocycles. The minimum absolute atomic E-state index is 0.00944. The highest BCUT2D eigenvalue weighted by Crippen LogP contribution is 2.68. The second-order valence-corrected chi connectivity index (χ2v) is 19.0. The van der Waals surface area contributed by atoms with E-state index < -0.39 is 111 Å². The summed E-state index contributed by atoms with van der Waals surface area (Å²) in [6.45, 7) is 0.353. The van der Waals surface area contributed by atoms with E-state index >= 15 is 0 Å². The third-order valence-electron chi connectivity index (χ3n) is 8.25. The van der Waals surface area contributed by atoms with Gasteiger partial charge in [-0.05, 0) is 13.8 Å². The lowest BCUT2D eigenvalue weighted by atomic mass is 10.1. The number of nitrogens with two attached hydrogens (primary N) is 2. The second kappa shape index (κ2) is 16.5. The summed E-state index contributed by atoms with van der Waals surface area (Å²) in [6, 6.07) is 0. The number of nitrogens with zero attached hydrogens (tertiary/aromatic N) is 6. The Morgan fingerprint density at radius 2 is 1.44 bits per heavy atom. The van der Waals surface area contributed by atoms with Gasteiger partial charge >= 0.3 is 36.9 Å². The monoisotopic (exact) mass is 925 g/mol. The Bertz CT molecular complexity index is 2550. The summed E-state index contributed by atoms with van der Waals surface area (Å²) >= 11 is 0. The van der Waals surface area contributed by atoms with Gasteiger partial charge in [-0.15, -0.1) is 0 Å². The number of H-pyrrole nitrogens is 2. The molecular weight excluding hydrogens is 888 g/mol. The van der Waals surface area contributed by atoms with Crippen molar-refractivity contribution in [2.75, 3.05) is 24.7 Å². The fourth-order valence-electron chi connectivity index (χ4n) is 6.00. The summed E-state index contributed by atoms with van der Waals surface area (Å²) in [6.07, 6.45) is -12.9. The normalized spacial score (nSPS) is 29.1. The van der Waals surface area contributed by atoms with Crippen molar-refractivity contribution >= 4 is 65.5 Å². The fraction of sp³-hybridized carbons (Fsp3) is 0.583. The molecule has 2 fully saturated rings. The zero-order valence-corrected chi connectivity index (χ0v) is 33.8. The molecule has 328 valence electrons. The standard InChI is InChI=1S/C24H36N10O21P4/c1-8(2)52-58(44,45)53-16-10(51-22(15(16)37)33-6-27-11-17(33)28-23(25)30-19(11)38)5-49-57(42,43)55-59(46,47)54-56(40,41)48-4-9-13(35)14(36)21(50-9)34-7-32(3)12-18(34)29-24(26)31-20(12)39/h6-10,13-16,21-22,35-37H,4-5H2,1-3H3,(H9-,25,26,28,29,30,31,38,39,40,41,42,43,44,45,46,47)/p+1/t9-,10-,13?,14?,15?,16+,21-,22-/m1/s1. The van der Waals surface area contributed by atoms with Crippen molar-refractivity contribution in [1.82, 2.24) is 34.1 Å². The number of anilines is 2. The van der Waals surface area contributed by atoms with E-state index in [1.807, 2.05) is 0 Å². The van der Waals surface area contributed by atoms with E-state index in [0.29, 0.717) is 0 Å². The molecule has 35 heteroatoms. The number of phosphoric ester groups is 3. The number of phosphoric acid groups is 4. The Labute approximate surface area is 327 Å². The van der Waals surface area contributed by atoms with E-state index in [-0.39, 0.29) is 34.2 Å². The number of imidazole rings is 2. The number of aliphatic hydroxyl groups is 3. The first-order chi connectivity index (χ1) is 27.3. The van der Waals surface area contributed by atoms with Crippen LogP contribution in [0, 0.1) is 0 Å². The van der Waals surface area contributed by atoms with Crippen molar-refractivity contribution in [3.05, 3.63) is 33.4 Å². The van der Waals surface area contributed by atoms with E-state index in [1.54, 1.807) is 0 Å². The summed E-state index contributed by atoms with van der Waals surface area (Å²) in [5.41, 5.74) is 9.16. The maximum Gasteiger partial charge on any atom is 0.490 e. The van der Waals surface area contributed by atoms with Crippen LogP contribution in [0.5, 0.6) is 0 Å². The molecule has 0 spiro atoms. The van der Waals surface area contributed by atoms with Crippen molar-refractivity contribution in [2.45, 2.75) is 69.0 Å². The van der Waals surface area contributed by atoms with E-state index in [1.165, 1.54) is 31.8 Å². The van der Waals surface area contributed by atoms with Crippen LogP contribution in [0.3, 0.4) is 0 Å². The van der Waals surface area contributed by atoms with Crippen molar-refractivity contribution in [1.29, 1.82) is 0 Å². The van der Waals surface area contributed by atoms with Crippen LogP contribution in [0.1, 0.15) is 26.3 Å². The average Bonchev–Trinajstić information content (AvgIpc) is 3.80. The second-order valence-electron chi connectivity index (χ2n) is 13.0. The van der Waals surface area contributed by atoms with Gasteiger partial charge in [0.05, 0.1) is 32.7 Å². The van der Waals surface area contributed by atoms with E-state index in [9.17, 15) is 62.7 Å². The van der Waals surface area contributed by atoms with Crippen LogP contribution in [-0.4, -0.2) is 125 Å². The van der Waals surface area contributed by atoms with Gasteiger partial charge in [0.25, 0.3) is 17.1 Å². The minimum atomic E-state index is -6.12. The average molecular weight is 926 g/mol. The van der Waals surface area contributed by atoms with Crippen LogP contribution >= 0.6 is 31.3 Å². The Morgan fingerprint density at radius 3 is 2.07 bits per heavy atom. The lowest BCUT2D eigenvalue weighted by Crippen LogP contribution is -2.46. The number of hydrogen-bond acceptors (Lipinski definition) is 22. The lowest BCUT2D eigenvalue weighted by Gasteiger charge is -2.24. The van der Waals surface area contributed by atoms with E-state index in [0.717, 1.165) is 15.5 Å². The summed E-state index contributed by atoms with van der Waals surface area (Å²) in [7, 11) is -21.3. The number of aromatic nitrogens is 8. The van der Waals surface area contributed by atoms with Crippen LogP contribution < -0.4 is 27.2 Å². The van der Waals surface area contributed by atoms with Crippen molar-refractivity contribution in [3.8, 4) is 0 Å². The lowest BCUT2D eigenvalue weighted by molar-refractivity contribution is -0.745. The number of aromatic amines is 2. The molecule has 2 saturated heterocycles. The summed E-state index contributed by atoms with van der Waals surface area (Å²) < 4.78 is 92.8. The smallest absolute Gasteiger partial charge is 0.387 e. The largest absolute Gasteiger partial charge is 0.490 e. The number of aryl methyl sites for hydroxylation is 1. The predicted octanol–water partition coefficient (Wildman–Crippen LogP) is -3.00. The minimum Gasteiger partial charge on any atom is -0.387 e. The van der Waals surface area contributed by atoms with Crippen LogP contribution in [0.4, 0.5) is 11.9 Å². The molecule has 31 nitrogen and oxygen atoms in total. The number of hydrogen-bond donors (Lipinski definition) is 11. The topological polar surface area (TPSA) is 454 Å². The highest BCUT2D eigenvalue weighted by Gasteiger charge is 2.52. The molecule has 4 aromatic rings. The first kappa shape index (κ1) is 45.2. The zero-order valence-electron chi connectivity index (χ0n) is 30.2. The van der Waals surface area contributed by atoms with Gasteiger partial charge < -0.3 is 55.8 Å². The third kappa shape index (κ3) is 9.90. The molecule has 13 N–H and O–H groups in total. The highest BCUT2D eigenvalue weighted by atomic mass is 31.3. The molecule has 0 amide bonds. The first-order valence-electron chi connectivity index (χ1n) is 16.5. The van der Waals surface area contributed by atoms with Crippen LogP contribution in [0.2, 0.25) is 0 Å². The molecular formula is C24H37N10O21P4+. The maximum atomic E-state index is 12.8. The molecule has 12 atom stereocenters. The van der Waals surface area contributed by atoms with Gasteiger partial charge in [-0.1, -0.05) is 4.98 Å². The molecule has 59 heavy (non-hydrogen) atoms. The van der Waals surface area contributed by atoms with Crippen LogP contribution in [0.15, 0.2) is 22.2 Å². The number of nitrogens with one attached hydrogen (secondary N) is 2. The Hall–Kier alpha value is -3.38. The zero-order chi connectivity index (χ0) is 43.6. The molecule has 6 heterocycles. The van der Waals surface area contributed by atoms with E-state index in [2.05, 4.69) is 38.1 Å². The first-order valence-corrected chi connectivity index (χ1v) is 22.5. The summed E-state index contributed by atoms with van der Waals surface area (Å²) in [4.78, 5) is 81.7. The number of fused-ring (bicyclic) bond motifs is 2. The number of aliphatic hydroxyl groups excluding tert-OH is 3. The Morgan fingerprint density at radius 1 is 0.847 bits per heavy atom. The van der Waals surface area contributed by atoms with Crippen molar-refractivity contribution in [2.24, 2.45) is 7.05 Å². The Balaban J connectivity index is 1.11. The van der Waals surface area contributed by atoms with Crippen LogP contribution in [-0.2, 0) is 61.5 Å². The van der Waals surface area contributed by atoms with Gasteiger partial charge in [0, 0.05) is 0 Å². The molecule has 0 saturated carbocycles. The molecule has 0 aliphatic carbocycles. The van der Waals surface area contributed by atoms with Gasteiger partial charge in [-0.3, -0.25) is 46.8 Å². The van der Waals surface area contributed by atoms with Crippen molar-refractivity contribution in [3.63, 3.8) is 0 Å². The quantitative estimate of drug-likeness (QED) is 0.0394. The van der Waals surface area contributed by atoms with E-state index in [4.69, 9.17) is 34.5 Å². The SMILES string of the molecule is CC(C)OP(=O)(O)O[C@@H]1C(O)[C@H](n2cnc3c(=O)[nH]c(N)nc32)O[C@@H]1COP(=O)(O)OP(=O)(O)OP(=O)(O)OC[C@H]1O[C@@H]([n+]2cn(C)c3c(=O)[nH]c(N)nc32)C(O)C1O. The van der Waals surface area contributed by atoms with Gasteiger partial charge in [0.1, 0.15) is 36.6 Å². The molecule has 6 rings (SSSR count). The molecule has 0 radical (unpaired) electrons. The van der Waals surface area contributed by atoms with Gasteiger partial charge in [-0.2, -0.15) is 13.6 Å². The Kier molecular flexibility index (Phi) is 12.6. The number of ether oxygens (including phenoxy) is 2. The number of nitrogen functional groups attached to an aromatic ring is 2. The number of rotatable bonds is 16. The molecule has 4 aromatic heterocycles. The molecule has 2 aliphatic heterocycles. The van der Waals surface area contributed by atoms with Gasteiger partial charge in [0.15, 0.2) is 23.7 Å². The fourth-order valence-corrected chi connectivity index (χ4v) is 10.7. The third-order valence-corrected chi connectivity index (χ3v) is 13.7. The molecule has 0 bridgehead atoms. The maximum absolute atomic E-state index is 12.8. The highest BCUT2D eigenvalue weighted by molar-refractivity contribution is 7.66. The van der Waals surface area contributed by atoms with Crippen LogP contribution in [0.25, 0.3) is 22.3 Å². The predicted molar refractivity (Wildman–Crippen MR) is 189 cm³/mol. The summed E-state index contributed by atoms with van der Waals surface area (Å²) in [5, 5.41) is 32.4. The molecule has 7 unspecified atom stereocenters. The molecule has 2 aliphatic rings. The summed E-state index contributed by atoms with van der Waals surface area (Å²) in [5.74, 6) is -0.674.